The van der Waals surface area contributed by atoms with Crippen LogP contribution in [0.3, 0.4) is 0 Å². The third-order valence-electron chi connectivity index (χ3n) is 4.19. The van der Waals surface area contributed by atoms with Gasteiger partial charge in [-0.2, -0.15) is 5.10 Å². The lowest BCUT2D eigenvalue weighted by molar-refractivity contribution is -0.136. The van der Waals surface area contributed by atoms with Gasteiger partial charge < -0.3 is 14.8 Å². The van der Waals surface area contributed by atoms with Crippen molar-refractivity contribution >= 4 is 46.9 Å². The summed E-state index contributed by atoms with van der Waals surface area (Å²) < 4.78 is 11.2. The fourth-order valence-corrected chi connectivity index (χ4v) is 2.90. The lowest BCUT2D eigenvalue weighted by atomic mass is 10.2. The molecule has 0 saturated carbocycles. The van der Waals surface area contributed by atoms with Gasteiger partial charge in [-0.05, 0) is 47.5 Å². The van der Waals surface area contributed by atoms with Crippen molar-refractivity contribution in [2.75, 3.05) is 12.4 Å². The van der Waals surface area contributed by atoms with Crippen LogP contribution in [-0.4, -0.2) is 25.1 Å². The highest BCUT2D eigenvalue weighted by molar-refractivity contribution is 6.42. The Morgan fingerprint density at radius 3 is 2.44 bits per heavy atom. The predicted octanol–water partition coefficient (Wildman–Crippen LogP) is 4.67. The standard InChI is InChI=1S/C23H19Cl2N3O4/c1-31-21-11-16(7-10-20(21)32-14-15-5-3-2-4-6-15)13-26-28-23(30)22(29)27-17-8-9-18(24)19(25)12-17/h2-13H,14H2,1H3,(H,27,29)(H,28,30)/b26-13+. The molecule has 0 aromatic heterocycles. The van der Waals surface area contributed by atoms with E-state index in [1.165, 1.54) is 31.5 Å². The van der Waals surface area contributed by atoms with Crippen LogP contribution < -0.4 is 20.2 Å². The summed E-state index contributed by atoms with van der Waals surface area (Å²) in [5.41, 5.74) is 4.16. The van der Waals surface area contributed by atoms with Gasteiger partial charge in [-0.1, -0.05) is 53.5 Å². The maximum Gasteiger partial charge on any atom is 0.329 e. The summed E-state index contributed by atoms with van der Waals surface area (Å²) in [6, 6.07) is 19.4. The van der Waals surface area contributed by atoms with Gasteiger partial charge in [-0.15, -0.1) is 0 Å². The number of benzene rings is 3. The van der Waals surface area contributed by atoms with E-state index in [0.717, 1.165) is 5.56 Å². The molecule has 2 amide bonds. The van der Waals surface area contributed by atoms with Crippen molar-refractivity contribution in [3.8, 4) is 11.5 Å². The van der Waals surface area contributed by atoms with E-state index >= 15 is 0 Å². The SMILES string of the molecule is COc1cc(/C=N/NC(=O)C(=O)Nc2ccc(Cl)c(Cl)c2)ccc1OCc1ccccc1. The molecule has 3 aromatic carbocycles. The molecule has 0 aliphatic rings. The molecule has 0 aliphatic heterocycles. The number of nitrogens with zero attached hydrogens (tertiary/aromatic N) is 1. The first-order valence-corrected chi connectivity index (χ1v) is 10.2. The predicted molar refractivity (Wildman–Crippen MR) is 125 cm³/mol. The molecule has 0 aliphatic carbocycles. The van der Waals surface area contributed by atoms with Gasteiger partial charge >= 0.3 is 11.8 Å². The highest BCUT2D eigenvalue weighted by Gasteiger charge is 2.13. The monoisotopic (exact) mass is 471 g/mol. The maximum absolute atomic E-state index is 12.0. The Morgan fingerprint density at radius 2 is 1.72 bits per heavy atom. The van der Waals surface area contributed by atoms with Crippen molar-refractivity contribution in [1.82, 2.24) is 5.43 Å². The molecule has 0 spiro atoms. The van der Waals surface area contributed by atoms with Crippen molar-refractivity contribution in [2.45, 2.75) is 6.61 Å². The minimum absolute atomic E-state index is 0.257. The minimum atomic E-state index is -0.942. The van der Waals surface area contributed by atoms with Gasteiger partial charge in [-0.3, -0.25) is 9.59 Å². The van der Waals surface area contributed by atoms with Gasteiger partial charge in [0.2, 0.25) is 0 Å². The first-order chi connectivity index (χ1) is 15.5. The number of methoxy groups -OCH3 is 1. The van der Waals surface area contributed by atoms with Crippen LogP contribution in [0.1, 0.15) is 11.1 Å². The van der Waals surface area contributed by atoms with Crippen LogP contribution >= 0.6 is 23.2 Å². The first kappa shape index (κ1) is 23.1. The number of ether oxygens (including phenoxy) is 2. The Balaban J connectivity index is 1.56. The molecule has 0 saturated heterocycles. The van der Waals surface area contributed by atoms with Crippen LogP contribution in [0.25, 0.3) is 0 Å². The van der Waals surface area contributed by atoms with E-state index in [-0.39, 0.29) is 5.02 Å². The van der Waals surface area contributed by atoms with E-state index < -0.39 is 11.8 Å². The molecule has 3 aromatic rings. The number of amides is 2. The fourth-order valence-electron chi connectivity index (χ4n) is 2.60. The maximum atomic E-state index is 12.0. The molecule has 9 heteroatoms. The Kier molecular flexibility index (Phi) is 8.08. The molecule has 0 bridgehead atoms. The highest BCUT2D eigenvalue weighted by atomic mass is 35.5. The van der Waals surface area contributed by atoms with E-state index in [1.54, 1.807) is 18.2 Å². The minimum Gasteiger partial charge on any atom is -0.493 e. The summed E-state index contributed by atoms with van der Waals surface area (Å²) in [5.74, 6) is -0.767. The van der Waals surface area contributed by atoms with Crippen molar-refractivity contribution < 1.29 is 19.1 Å². The zero-order valence-corrected chi connectivity index (χ0v) is 18.5. The normalized spacial score (nSPS) is 10.6. The topological polar surface area (TPSA) is 89.0 Å². The largest absolute Gasteiger partial charge is 0.493 e. The van der Waals surface area contributed by atoms with Crippen molar-refractivity contribution in [3.05, 3.63) is 87.9 Å². The van der Waals surface area contributed by atoms with E-state index in [1.807, 2.05) is 30.3 Å². The van der Waals surface area contributed by atoms with Crippen LogP contribution in [0, 0.1) is 0 Å². The number of carbonyl (C=O) groups is 2. The zero-order valence-electron chi connectivity index (χ0n) is 17.0. The van der Waals surface area contributed by atoms with Crippen LogP contribution in [0.5, 0.6) is 11.5 Å². The summed E-state index contributed by atoms with van der Waals surface area (Å²) in [6.07, 6.45) is 1.38. The second-order valence-electron chi connectivity index (χ2n) is 6.47. The molecule has 3 rings (SSSR count). The number of carbonyl (C=O) groups excluding carboxylic acids is 2. The van der Waals surface area contributed by atoms with Gasteiger partial charge in [0.15, 0.2) is 11.5 Å². The molecule has 2 N–H and O–H groups in total. The van der Waals surface area contributed by atoms with Crippen molar-refractivity contribution in [1.29, 1.82) is 0 Å². The second-order valence-corrected chi connectivity index (χ2v) is 7.28. The zero-order chi connectivity index (χ0) is 22.9. The van der Waals surface area contributed by atoms with Crippen molar-refractivity contribution in [2.24, 2.45) is 5.10 Å². The smallest absolute Gasteiger partial charge is 0.329 e. The second kappa shape index (κ2) is 11.2. The average molecular weight is 472 g/mol. The number of hydrogen-bond donors (Lipinski definition) is 2. The number of hydrazone groups is 1. The number of halogens is 2. The number of hydrogen-bond acceptors (Lipinski definition) is 5. The molecule has 0 radical (unpaired) electrons. The van der Waals surface area contributed by atoms with E-state index in [9.17, 15) is 9.59 Å². The summed E-state index contributed by atoms with van der Waals surface area (Å²) in [7, 11) is 1.53. The summed E-state index contributed by atoms with van der Waals surface area (Å²) in [5, 5.41) is 6.81. The van der Waals surface area contributed by atoms with E-state index in [2.05, 4.69) is 15.8 Å². The summed E-state index contributed by atoms with van der Waals surface area (Å²) in [6.45, 7) is 0.397. The first-order valence-electron chi connectivity index (χ1n) is 9.40. The molecule has 0 heterocycles. The third-order valence-corrected chi connectivity index (χ3v) is 4.93. The molecular weight excluding hydrogens is 453 g/mol. The Morgan fingerprint density at radius 1 is 0.938 bits per heavy atom. The Hall–Kier alpha value is -3.55. The van der Waals surface area contributed by atoms with Crippen LogP contribution in [-0.2, 0) is 16.2 Å². The van der Waals surface area contributed by atoms with Gasteiger partial charge in [0, 0.05) is 5.69 Å². The van der Waals surface area contributed by atoms with Crippen LogP contribution in [0.2, 0.25) is 10.0 Å². The van der Waals surface area contributed by atoms with Gasteiger partial charge in [0.25, 0.3) is 0 Å². The summed E-state index contributed by atoms with van der Waals surface area (Å²) in [4.78, 5) is 23.9. The third kappa shape index (κ3) is 6.47. The fraction of sp³-hybridized carbons (Fsp3) is 0.0870. The summed E-state index contributed by atoms with van der Waals surface area (Å²) >= 11 is 11.7. The number of anilines is 1. The molecule has 0 unspecified atom stereocenters. The lowest BCUT2D eigenvalue weighted by Crippen LogP contribution is -2.32. The van der Waals surface area contributed by atoms with Crippen LogP contribution in [0.4, 0.5) is 5.69 Å². The van der Waals surface area contributed by atoms with E-state index in [0.29, 0.717) is 34.4 Å². The van der Waals surface area contributed by atoms with Gasteiger partial charge in [0.05, 0.1) is 23.4 Å². The molecule has 0 atom stereocenters. The lowest BCUT2D eigenvalue weighted by Gasteiger charge is -2.11. The Bertz CT molecular complexity index is 1140. The van der Waals surface area contributed by atoms with Crippen LogP contribution in [0.15, 0.2) is 71.8 Å². The highest BCUT2D eigenvalue weighted by Crippen LogP contribution is 2.28. The molecular formula is C23H19Cl2N3O4. The molecule has 32 heavy (non-hydrogen) atoms. The number of nitrogens with one attached hydrogen (secondary N) is 2. The quantitative estimate of drug-likeness (QED) is 0.297. The van der Waals surface area contributed by atoms with E-state index in [4.69, 9.17) is 32.7 Å². The van der Waals surface area contributed by atoms with Gasteiger partial charge in [0.1, 0.15) is 6.61 Å². The van der Waals surface area contributed by atoms with Gasteiger partial charge in [-0.25, -0.2) is 5.43 Å². The molecule has 7 nitrogen and oxygen atoms in total. The van der Waals surface area contributed by atoms with Crippen molar-refractivity contribution in [3.63, 3.8) is 0 Å². The molecule has 0 fully saturated rings. The Labute approximate surface area is 194 Å². The average Bonchev–Trinajstić information content (AvgIpc) is 2.81. The molecule has 164 valence electrons. The number of rotatable bonds is 7.